The van der Waals surface area contributed by atoms with Gasteiger partial charge in [-0.1, -0.05) is 0 Å². The maximum Gasteiger partial charge on any atom is 0.238 e. The zero-order valence-electron chi connectivity index (χ0n) is 15.5. The van der Waals surface area contributed by atoms with Crippen LogP contribution in [0.15, 0.2) is 24.3 Å². The molecule has 0 bridgehead atoms. The van der Waals surface area contributed by atoms with E-state index in [9.17, 15) is 8.42 Å². The molecule has 0 amide bonds. The van der Waals surface area contributed by atoms with Gasteiger partial charge in [-0.05, 0) is 51.0 Å². The van der Waals surface area contributed by atoms with E-state index in [1.165, 1.54) is 12.8 Å². The van der Waals surface area contributed by atoms with Gasteiger partial charge in [0.15, 0.2) is 0 Å². The van der Waals surface area contributed by atoms with E-state index in [1.807, 2.05) is 38.1 Å². The molecule has 2 saturated heterocycles. The van der Waals surface area contributed by atoms with Gasteiger partial charge in [0.1, 0.15) is 5.25 Å². The van der Waals surface area contributed by atoms with Crippen molar-refractivity contribution in [1.29, 1.82) is 0 Å². The molecule has 7 nitrogen and oxygen atoms in total. The molecule has 2 heterocycles. The Morgan fingerprint density at radius 3 is 2.08 bits per heavy atom. The van der Waals surface area contributed by atoms with Gasteiger partial charge < -0.3 is 4.90 Å². The maximum atomic E-state index is 12.7. The fourth-order valence-electron chi connectivity index (χ4n) is 4.16. The first-order valence-corrected chi connectivity index (χ1v) is 11.1. The van der Waals surface area contributed by atoms with Gasteiger partial charge in [0.2, 0.25) is 10.0 Å². The largest absolute Gasteiger partial charge is 0.369 e. The molecule has 3 aliphatic rings. The Bertz CT molecular complexity index is 716. The van der Waals surface area contributed by atoms with Crippen molar-refractivity contribution in [3.8, 4) is 0 Å². The third kappa shape index (κ3) is 3.69. The van der Waals surface area contributed by atoms with Crippen LogP contribution in [0.2, 0.25) is 0 Å². The van der Waals surface area contributed by atoms with Crippen molar-refractivity contribution in [3.05, 3.63) is 24.3 Å². The topological polar surface area (TPSA) is 76.7 Å². The summed E-state index contributed by atoms with van der Waals surface area (Å²) in [4.78, 5) is 4.97. The summed E-state index contributed by atoms with van der Waals surface area (Å²) in [6.45, 7) is 8.08. The van der Waals surface area contributed by atoms with E-state index in [1.54, 1.807) is 0 Å². The first-order valence-electron chi connectivity index (χ1n) is 9.56. The first kappa shape index (κ1) is 18.0. The maximum absolute atomic E-state index is 12.7. The summed E-state index contributed by atoms with van der Waals surface area (Å²) in [5, 5.41) is -0.502. The average Bonchev–Trinajstić information content (AvgIpc) is 3.40. The van der Waals surface area contributed by atoms with Gasteiger partial charge in [-0.25, -0.2) is 8.42 Å². The molecule has 8 heteroatoms. The van der Waals surface area contributed by atoms with E-state index >= 15 is 0 Å². The van der Waals surface area contributed by atoms with Crippen molar-refractivity contribution < 1.29 is 8.42 Å². The Kier molecular flexibility index (Phi) is 4.85. The predicted molar refractivity (Wildman–Crippen MR) is 105 cm³/mol. The first-order chi connectivity index (χ1) is 12.4. The molecule has 144 valence electrons. The van der Waals surface area contributed by atoms with Crippen molar-refractivity contribution in [2.24, 2.45) is 0 Å². The van der Waals surface area contributed by atoms with Crippen LogP contribution in [0.25, 0.3) is 0 Å². The van der Waals surface area contributed by atoms with Crippen LogP contribution in [0.5, 0.6) is 0 Å². The normalized spacial score (nSPS) is 30.5. The molecule has 3 N–H and O–H groups in total. The molecule has 0 radical (unpaired) electrons. The lowest BCUT2D eigenvalue weighted by Gasteiger charge is -2.36. The zero-order valence-corrected chi connectivity index (χ0v) is 16.3. The van der Waals surface area contributed by atoms with Gasteiger partial charge in [-0.3, -0.25) is 20.5 Å². The minimum atomic E-state index is -3.45. The summed E-state index contributed by atoms with van der Waals surface area (Å²) in [6.07, 6.45) is 2.72. The van der Waals surface area contributed by atoms with E-state index < -0.39 is 15.3 Å². The summed E-state index contributed by atoms with van der Waals surface area (Å²) in [5.41, 5.74) is 7.78. The third-order valence-electron chi connectivity index (χ3n) is 5.75. The Labute approximate surface area is 156 Å². The Morgan fingerprint density at radius 2 is 1.54 bits per heavy atom. The molecule has 4 rings (SSSR count). The molecule has 1 aliphatic carbocycles. The van der Waals surface area contributed by atoms with Crippen LogP contribution in [0.3, 0.4) is 0 Å². The lowest BCUT2D eigenvalue weighted by molar-refractivity contribution is 0.248. The molecule has 1 aromatic rings. The second-order valence-corrected chi connectivity index (χ2v) is 9.62. The highest BCUT2D eigenvalue weighted by Crippen LogP contribution is 2.29. The monoisotopic (exact) mass is 379 g/mol. The van der Waals surface area contributed by atoms with Crippen molar-refractivity contribution >= 4 is 21.4 Å². The molecule has 2 aliphatic heterocycles. The highest BCUT2D eigenvalue weighted by atomic mass is 32.2. The average molecular weight is 380 g/mol. The number of nitrogens with one attached hydrogen (secondary N) is 3. The Balaban J connectivity index is 1.38. The van der Waals surface area contributed by atoms with Gasteiger partial charge in [-0.2, -0.15) is 0 Å². The molecular formula is C18H29N5O2S. The number of hydrazine groups is 1. The van der Waals surface area contributed by atoms with E-state index in [-0.39, 0.29) is 12.1 Å². The van der Waals surface area contributed by atoms with Crippen LogP contribution >= 0.6 is 0 Å². The van der Waals surface area contributed by atoms with Crippen LogP contribution in [-0.4, -0.2) is 62.9 Å². The lowest BCUT2D eigenvalue weighted by Crippen LogP contribution is -2.47. The zero-order chi connectivity index (χ0) is 18.3. The van der Waals surface area contributed by atoms with Gasteiger partial charge in [-0.15, -0.1) is 0 Å². The molecule has 0 spiro atoms. The van der Waals surface area contributed by atoms with Gasteiger partial charge in [0, 0.05) is 55.7 Å². The van der Waals surface area contributed by atoms with Crippen molar-refractivity contribution in [3.63, 3.8) is 0 Å². The van der Waals surface area contributed by atoms with Crippen LogP contribution in [0.4, 0.5) is 11.4 Å². The SMILES string of the molecule is CC1NNC(C)C1S(=O)(=O)Nc1ccc(N2CCN(C3CC3)CC2)cc1. The second kappa shape index (κ2) is 6.99. The van der Waals surface area contributed by atoms with Gasteiger partial charge in [0.25, 0.3) is 0 Å². The number of piperazine rings is 1. The molecule has 2 atom stereocenters. The highest BCUT2D eigenvalue weighted by molar-refractivity contribution is 7.93. The molecule has 2 unspecified atom stereocenters. The molecule has 0 aromatic heterocycles. The summed E-state index contributed by atoms with van der Waals surface area (Å²) in [7, 11) is -3.45. The molecular weight excluding hydrogens is 350 g/mol. The van der Waals surface area contributed by atoms with Crippen LogP contribution < -0.4 is 20.5 Å². The van der Waals surface area contributed by atoms with Crippen LogP contribution in [-0.2, 0) is 10.0 Å². The Morgan fingerprint density at radius 1 is 0.962 bits per heavy atom. The summed E-state index contributed by atoms with van der Waals surface area (Å²) in [5.74, 6) is 0. The van der Waals surface area contributed by atoms with Gasteiger partial charge >= 0.3 is 0 Å². The number of rotatable bonds is 5. The lowest BCUT2D eigenvalue weighted by atomic mass is 10.2. The standard InChI is InChI=1S/C18H29N5O2S/c1-13-18(14(2)20-19-13)26(24,25)21-15-3-5-16(6-4-15)22-9-11-23(12-10-22)17-7-8-17/h3-6,13-14,17-21H,7-12H2,1-2H3. The number of benzene rings is 1. The summed E-state index contributed by atoms with van der Waals surface area (Å²) < 4.78 is 28.2. The van der Waals surface area contributed by atoms with E-state index in [0.717, 1.165) is 37.9 Å². The molecule has 26 heavy (non-hydrogen) atoms. The summed E-state index contributed by atoms with van der Waals surface area (Å²) in [6, 6.07) is 8.33. The summed E-state index contributed by atoms with van der Waals surface area (Å²) >= 11 is 0. The fourth-order valence-corrected chi connectivity index (χ4v) is 5.97. The number of nitrogens with zero attached hydrogens (tertiary/aromatic N) is 2. The smallest absolute Gasteiger partial charge is 0.238 e. The minimum Gasteiger partial charge on any atom is -0.369 e. The molecule has 1 aromatic carbocycles. The van der Waals surface area contributed by atoms with Crippen LogP contribution in [0.1, 0.15) is 26.7 Å². The van der Waals surface area contributed by atoms with E-state index in [4.69, 9.17) is 0 Å². The molecule has 1 saturated carbocycles. The van der Waals surface area contributed by atoms with Crippen molar-refractivity contribution in [1.82, 2.24) is 15.8 Å². The van der Waals surface area contributed by atoms with Crippen molar-refractivity contribution in [2.75, 3.05) is 35.8 Å². The van der Waals surface area contributed by atoms with Crippen molar-refractivity contribution in [2.45, 2.75) is 50.1 Å². The number of hydrogen-bond donors (Lipinski definition) is 3. The predicted octanol–water partition coefficient (Wildman–Crippen LogP) is 0.966. The Hall–Kier alpha value is -1.35. The van der Waals surface area contributed by atoms with E-state index in [0.29, 0.717) is 5.69 Å². The highest BCUT2D eigenvalue weighted by Gasteiger charge is 2.40. The van der Waals surface area contributed by atoms with Gasteiger partial charge in [0.05, 0.1) is 0 Å². The van der Waals surface area contributed by atoms with Crippen LogP contribution in [0, 0.1) is 0 Å². The number of sulfonamides is 1. The second-order valence-electron chi connectivity index (χ2n) is 7.78. The third-order valence-corrected chi connectivity index (χ3v) is 7.81. The molecule has 3 fully saturated rings. The number of anilines is 2. The number of hydrogen-bond acceptors (Lipinski definition) is 6. The fraction of sp³-hybridized carbons (Fsp3) is 0.667. The minimum absolute atomic E-state index is 0.135. The quantitative estimate of drug-likeness (QED) is 0.708. The van der Waals surface area contributed by atoms with E-state index in [2.05, 4.69) is 25.4 Å².